The molecule has 1 aliphatic carbocycles. The lowest BCUT2D eigenvalue weighted by Gasteiger charge is -2.29. The summed E-state index contributed by atoms with van der Waals surface area (Å²) in [7, 11) is 0. The van der Waals surface area contributed by atoms with Crippen molar-refractivity contribution in [1.82, 2.24) is 0 Å². The molecule has 0 aromatic carbocycles. The van der Waals surface area contributed by atoms with Crippen molar-refractivity contribution in [2.45, 2.75) is 51.4 Å². The summed E-state index contributed by atoms with van der Waals surface area (Å²) >= 11 is 0. The van der Waals surface area contributed by atoms with Crippen LogP contribution in [0.5, 0.6) is 0 Å². The van der Waals surface area contributed by atoms with Gasteiger partial charge >= 0.3 is 0 Å². The van der Waals surface area contributed by atoms with Gasteiger partial charge in [0, 0.05) is 6.61 Å². The molecule has 1 nitrogen and oxygen atoms in total. The van der Waals surface area contributed by atoms with Gasteiger partial charge < -0.3 is 4.74 Å². The van der Waals surface area contributed by atoms with Crippen molar-refractivity contribution in [1.29, 1.82) is 0 Å². The molecule has 1 saturated heterocycles. The summed E-state index contributed by atoms with van der Waals surface area (Å²) in [5.41, 5.74) is 0.625. The molecule has 1 heterocycles. The van der Waals surface area contributed by atoms with Crippen molar-refractivity contribution in [2.24, 2.45) is 5.41 Å². The van der Waals surface area contributed by atoms with Gasteiger partial charge in [-0.15, -0.1) is 0 Å². The van der Waals surface area contributed by atoms with Gasteiger partial charge in [0.1, 0.15) is 0 Å². The largest absolute Gasteiger partial charge is 0.381 e. The SMILES string of the molecule is C1CCCC2(CCC1)CCOC2. The molecule has 70 valence electrons. The molecule has 0 radical (unpaired) electrons. The van der Waals surface area contributed by atoms with Gasteiger partial charge in [-0.3, -0.25) is 0 Å². The van der Waals surface area contributed by atoms with Crippen molar-refractivity contribution in [2.75, 3.05) is 13.2 Å². The van der Waals surface area contributed by atoms with Crippen molar-refractivity contribution in [3.05, 3.63) is 0 Å². The second kappa shape index (κ2) is 3.78. The van der Waals surface area contributed by atoms with Crippen LogP contribution in [0.15, 0.2) is 0 Å². The van der Waals surface area contributed by atoms with Crippen LogP contribution in [0.4, 0.5) is 0 Å². The molecule has 2 fully saturated rings. The molecule has 1 aliphatic heterocycles. The molecular weight excluding hydrogens is 148 g/mol. The van der Waals surface area contributed by atoms with E-state index in [1.54, 1.807) is 0 Å². The highest BCUT2D eigenvalue weighted by molar-refractivity contribution is 4.84. The zero-order valence-corrected chi connectivity index (χ0v) is 7.98. The second-order valence-corrected chi connectivity index (χ2v) is 4.57. The molecule has 0 amide bonds. The molecule has 2 rings (SSSR count). The Bertz CT molecular complexity index is 126. The third kappa shape index (κ3) is 1.82. The number of hydrogen-bond donors (Lipinski definition) is 0. The maximum absolute atomic E-state index is 5.53. The number of ether oxygens (including phenoxy) is 1. The quantitative estimate of drug-likeness (QED) is 0.540. The fourth-order valence-electron chi connectivity index (χ4n) is 2.70. The van der Waals surface area contributed by atoms with E-state index in [4.69, 9.17) is 4.74 Å². The van der Waals surface area contributed by atoms with Crippen LogP contribution in [-0.4, -0.2) is 13.2 Å². The predicted octanol–water partition coefficient (Wildman–Crippen LogP) is 3.14. The van der Waals surface area contributed by atoms with Gasteiger partial charge in [-0.05, 0) is 24.7 Å². The molecule has 0 bridgehead atoms. The van der Waals surface area contributed by atoms with Gasteiger partial charge in [0.15, 0.2) is 0 Å². The summed E-state index contributed by atoms with van der Waals surface area (Å²) in [4.78, 5) is 0. The molecule has 0 unspecified atom stereocenters. The summed E-state index contributed by atoms with van der Waals surface area (Å²) < 4.78 is 5.53. The smallest absolute Gasteiger partial charge is 0.0523 e. The van der Waals surface area contributed by atoms with E-state index in [1.165, 1.54) is 51.4 Å². The third-order valence-electron chi connectivity index (χ3n) is 3.60. The zero-order valence-electron chi connectivity index (χ0n) is 7.98. The van der Waals surface area contributed by atoms with Gasteiger partial charge in [-0.2, -0.15) is 0 Å². The topological polar surface area (TPSA) is 9.23 Å². The van der Waals surface area contributed by atoms with Crippen molar-refractivity contribution in [3.8, 4) is 0 Å². The Morgan fingerprint density at radius 3 is 2.00 bits per heavy atom. The Balaban J connectivity index is 1.92. The van der Waals surface area contributed by atoms with Gasteiger partial charge in [-0.1, -0.05) is 32.1 Å². The predicted molar refractivity (Wildman–Crippen MR) is 50.2 cm³/mol. The standard InChI is InChI=1S/C11H20O/c1-2-4-6-11(7-5-3-1)8-9-12-10-11/h1-10H2. The van der Waals surface area contributed by atoms with Crippen molar-refractivity contribution < 1.29 is 4.74 Å². The van der Waals surface area contributed by atoms with E-state index >= 15 is 0 Å². The molecule has 0 atom stereocenters. The second-order valence-electron chi connectivity index (χ2n) is 4.57. The van der Waals surface area contributed by atoms with Crippen LogP contribution in [0.2, 0.25) is 0 Å². The summed E-state index contributed by atoms with van der Waals surface area (Å²) in [5, 5.41) is 0. The van der Waals surface area contributed by atoms with Crippen LogP contribution in [0, 0.1) is 5.41 Å². The average molecular weight is 168 g/mol. The van der Waals surface area contributed by atoms with E-state index in [-0.39, 0.29) is 0 Å². The molecule has 12 heavy (non-hydrogen) atoms. The Hall–Kier alpha value is -0.0400. The Morgan fingerprint density at radius 2 is 1.42 bits per heavy atom. The van der Waals surface area contributed by atoms with Crippen LogP contribution in [0.25, 0.3) is 0 Å². The minimum absolute atomic E-state index is 0.625. The lowest BCUT2D eigenvalue weighted by Crippen LogP contribution is -2.21. The van der Waals surface area contributed by atoms with Gasteiger partial charge in [0.25, 0.3) is 0 Å². The van der Waals surface area contributed by atoms with E-state index in [0.29, 0.717) is 5.41 Å². The van der Waals surface area contributed by atoms with Crippen LogP contribution in [0.1, 0.15) is 51.4 Å². The maximum atomic E-state index is 5.53. The Morgan fingerprint density at radius 1 is 0.750 bits per heavy atom. The first-order chi connectivity index (χ1) is 5.91. The van der Waals surface area contributed by atoms with Crippen LogP contribution in [0.3, 0.4) is 0 Å². The molecule has 1 saturated carbocycles. The highest BCUT2D eigenvalue weighted by Gasteiger charge is 2.34. The van der Waals surface area contributed by atoms with Gasteiger partial charge in [-0.25, -0.2) is 0 Å². The van der Waals surface area contributed by atoms with Crippen LogP contribution < -0.4 is 0 Å². The molecule has 0 aromatic heterocycles. The number of hydrogen-bond acceptors (Lipinski definition) is 1. The first kappa shape index (κ1) is 8.55. The van der Waals surface area contributed by atoms with E-state index in [9.17, 15) is 0 Å². The van der Waals surface area contributed by atoms with E-state index in [1.807, 2.05) is 0 Å². The molecule has 0 N–H and O–H groups in total. The zero-order chi connectivity index (χ0) is 8.28. The van der Waals surface area contributed by atoms with Gasteiger partial charge in [0.2, 0.25) is 0 Å². The first-order valence-corrected chi connectivity index (χ1v) is 5.49. The first-order valence-electron chi connectivity index (χ1n) is 5.49. The van der Waals surface area contributed by atoms with Crippen molar-refractivity contribution in [3.63, 3.8) is 0 Å². The maximum Gasteiger partial charge on any atom is 0.0523 e. The minimum atomic E-state index is 0.625. The fraction of sp³-hybridized carbons (Fsp3) is 1.00. The fourth-order valence-corrected chi connectivity index (χ4v) is 2.70. The summed E-state index contributed by atoms with van der Waals surface area (Å²) in [5.74, 6) is 0. The number of rotatable bonds is 0. The molecular formula is C11H20O. The Kier molecular flexibility index (Phi) is 2.69. The van der Waals surface area contributed by atoms with E-state index < -0.39 is 0 Å². The molecule has 2 aliphatic rings. The summed E-state index contributed by atoms with van der Waals surface area (Å²) in [6, 6.07) is 0. The Labute approximate surface area is 75.5 Å². The van der Waals surface area contributed by atoms with Crippen LogP contribution in [-0.2, 0) is 4.74 Å². The normalized spacial score (nSPS) is 30.0. The van der Waals surface area contributed by atoms with E-state index in [0.717, 1.165) is 13.2 Å². The van der Waals surface area contributed by atoms with Crippen LogP contribution >= 0.6 is 0 Å². The highest BCUT2D eigenvalue weighted by Crippen LogP contribution is 2.40. The summed E-state index contributed by atoms with van der Waals surface area (Å²) in [6.45, 7) is 2.09. The average Bonchev–Trinajstić information content (AvgIpc) is 2.47. The third-order valence-corrected chi connectivity index (χ3v) is 3.60. The highest BCUT2D eigenvalue weighted by atomic mass is 16.5. The van der Waals surface area contributed by atoms with E-state index in [2.05, 4.69) is 0 Å². The molecule has 0 aromatic rings. The monoisotopic (exact) mass is 168 g/mol. The van der Waals surface area contributed by atoms with Crippen molar-refractivity contribution >= 4 is 0 Å². The summed E-state index contributed by atoms with van der Waals surface area (Å²) in [6.07, 6.45) is 11.5. The lowest BCUT2D eigenvalue weighted by molar-refractivity contribution is 0.131. The van der Waals surface area contributed by atoms with Gasteiger partial charge in [0.05, 0.1) is 6.61 Å². The lowest BCUT2D eigenvalue weighted by atomic mass is 9.76. The minimum Gasteiger partial charge on any atom is -0.381 e. The molecule has 1 heteroatoms. The molecule has 1 spiro atoms.